The van der Waals surface area contributed by atoms with Crippen LogP contribution < -0.4 is 0 Å². The molecule has 0 aliphatic carbocycles. The van der Waals surface area contributed by atoms with Crippen LogP contribution in [-0.4, -0.2) is 44.5 Å². The molecule has 1 aromatic carbocycles. The van der Waals surface area contributed by atoms with Gasteiger partial charge in [0.15, 0.2) is 0 Å². The van der Waals surface area contributed by atoms with E-state index in [2.05, 4.69) is 15.9 Å². The smallest absolute Gasteiger partial charge is 0.327 e. The molecule has 0 bridgehead atoms. The predicted octanol–water partition coefficient (Wildman–Crippen LogP) is 1.96. The largest absolute Gasteiger partial charge is 0.480 e. The maximum atomic E-state index is 12.4. The second kappa shape index (κ2) is 5.80. The number of nitro benzene ring substituents is 1. The number of halogens is 1. The first kappa shape index (κ1) is 14.8. The van der Waals surface area contributed by atoms with Gasteiger partial charge < -0.3 is 10.0 Å². The van der Waals surface area contributed by atoms with Gasteiger partial charge in [0, 0.05) is 11.8 Å². The number of carboxylic acids is 1. The summed E-state index contributed by atoms with van der Waals surface area (Å²) in [6.45, 7) is 0. The molecule has 0 spiro atoms. The molecule has 1 saturated heterocycles. The number of hydrogen-bond acceptors (Lipinski definition) is 5. The van der Waals surface area contributed by atoms with Crippen LogP contribution in [0.5, 0.6) is 0 Å². The summed E-state index contributed by atoms with van der Waals surface area (Å²) in [7, 11) is 0. The Bertz CT molecular complexity index is 594. The van der Waals surface area contributed by atoms with Crippen molar-refractivity contribution in [3.8, 4) is 0 Å². The van der Waals surface area contributed by atoms with Crippen LogP contribution in [0.15, 0.2) is 22.7 Å². The SMILES string of the molecule is O=C(O)C1CSCN1C(=O)c1cccc([N+](=O)[O-])c1Br. The van der Waals surface area contributed by atoms with E-state index < -0.39 is 22.8 Å². The van der Waals surface area contributed by atoms with Crippen LogP contribution in [0, 0.1) is 10.1 Å². The number of benzene rings is 1. The number of carbonyl (C=O) groups excluding carboxylic acids is 1. The van der Waals surface area contributed by atoms with Crippen LogP contribution in [0.2, 0.25) is 0 Å². The van der Waals surface area contributed by atoms with Crippen LogP contribution in [0.4, 0.5) is 5.69 Å². The fourth-order valence-corrected chi connectivity index (χ4v) is 3.55. The Hall–Kier alpha value is -1.61. The van der Waals surface area contributed by atoms with Gasteiger partial charge in [0.1, 0.15) is 10.5 Å². The molecule has 0 aromatic heterocycles. The molecular weight excluding hydrogens is 352 g/mol. The molecule has 1 heterocycles. The summed E-state index contributed by atoms with van der Waals surface area (Å²) in [6.07, 6.45) is 0. The molecule has 9 heteroatoms. The second-order valence-corrected chi connectivity index (χ2v) is 5.82. The van der Waals surface area contributed by atoms with E-state index in [4.69, 9.17) is 5.11 Å². The summed E-state index contributed by atoms with van der Waals surface area (Å²) < 4.78 is 0.0658. The van der Waals surface area contributed by atoms with Crippen LogP contribution in [0.1, 0.15) is 10.4 Å². The quantitative estimate of drug-likeness (QED) is 0.652. The molecule has 1 aromatic rings. The molecule has 1 unspecified atom stereocenters. The number of aliphatic carboxylic acids is 1. The molecule has 1 aliphatic rings. The third kappa shape index (κ3) is 2.63. The van der Waals surface area contributed by atoms with Crippen molar-refractivity contribution in [2.24, 2.45) is 0 Å². The van der Waals surface area contributed by atoms with Gasteiger partial charge in [-0.15, -0.1) is 11.8 Å². The Morgan fingerprint density at radius 2 is 2.20 bits per heavy atom. The van der Waals surface area contributed by atoms with Crippen molar-refractivity contribution in [1.82, 2.24) is 4.90 Å². The lowest BCUT2D eigenvalue weighted by Crippen LogP contribution is -2.41. The van der Waals surface area contributed by atoms with Crippen LogP contribution in [-0.2, 0) is 4.79 Å². The number of amides is 1. The highest BCUT2D eigenvalue weighted by molar-refractivity contribution is 9.10. The van der Waals surface area contributed by atoms with Crippen molar-refractivity contribution in [3.63, 3.8) is 0 Å². The number of rotatable bonds is 3. The third-order valence-corrected chi connectivity index (χ3v) is 4.68. The standard InChI is InChI=1S/C11H9BrN2O5S/c12-9-6(2-1-3-7(9)14(18)19)10(15)13-5-20-4-8(13)11(16)17/h1-3,8H,4-5H2,(H,16,17). The topological polar surface area (TPSA) is 101 Å². The summed E-state index contributed by atoms with van der Waals surface area (Å²) in [5.74, 6) is -1.04. The lowest BCUT2D eigenvalue weighted by molar-refractivity contribution is -0.385. The first-order chi connectivity index (χ1) is 9.43. The molecule has 1 atom stereocenters. The van der Waals surface area contributed by atoms with E-state index in [1.54, 1.807) is 0 Å². The Balaban J connectivity index is 2.37. The Morgan fingerprint density at radius 1 is 1.50 bits per heavy atom. The fraction of sp³-hybridized carbons (Fsp3) is 0.273. The third-order valence-electron chi connectivity index (χ3n) is 2.83. The van der Waals surface area contributed by atoms with Gasteiger partial charge >= 0.3 is 5.97 Å². The average molecular weight is 361 g/mol. The first-order valence-electron chi connectivity index (χ1n) is 5.48. The van der Waals surface area contributed by atoms with E-state index in [1.165, 1.54) is 34.9 Å². The van der Waals surface area contributed by atoms with E-state index >= 15 is 0 Å². The van der Waals surface area contributed by atoms with Crippen molar-refractivity contribution >= 4 is 45.3 Å². The fourth-order valence-electron chi connectivity index (χ4n) is 1.83. The zero-order valence-corrected chi connectivity index (χ0v) is 12.4. The maximum absolute atomic E-state index is 12.4. The normalized spacial score (nSPS) is 18.1. The van der Waals surface area contributed by atoms with Gasteiger partial charge in [-0.3, -0.25) is 14.9 Å². The minimum atomic E-state index is -1.08. The Morgan fingerprint density at radius 3 is 2.80 bits per heavy atom. The predicted molar refractivity (Wildman–Crippen MR) is 75.7 cm³/mol. The molecule has 1 fully saturated rings. The molecule has 0 radical (unpaired) electrons. The van der Waals surface area contributed by atoms with Gasteiger partial charge in [0.25, 0.3) is 11.6 Å². The monoisotopic (exact) mass is 360 g/mol. The van der Waals surface area contributed by atoms with Crippen molar-refractivity contribution in [2.75, 3.05) is 11.6 Å². The minimum Gasteiger partial charge on any atom is -0.480 e. The molecule has 7 nitrogen and oxygen atoms in total. The van der Waals surface area contributed by atoms with Gasteiger partial charge in [0.2, 0.25) is 0 Å². The van der Waals surface area contributed by atoms with E-state index in [0.29, 0.717) is 5.75 Å². The molecule has 2 rings (SSSR count). The minimum absolute atomic E-state index is 0.0658. The lowest BCUT2D eigenvalue weighted by Gasteiger charge is -2.20. The second-order valence-electron chi connectivity index (χ2n) is 4.02. The van der Waals surface area contributed by atoms with Gasteiger partial charge in [0.05, 0.1) is 16.4 Å². The molecule has 1 aliphatic heterocycles. The zero-order chi connectivity index (χ0) is 14.9. The molecule has 106 valence electrons. The summed E-state index contributed by atoms with van der Waals surface area (Å²) in [6, 6.07) is 3.20. The number of hydrogen-bond donors (Lipinski definition) is 1. The van der Waals surface area contributed by atoms with Crippen LogP contribution in [0.25, 0.3) is 0 Å². The lowest BCUT2D eigenvalue weighted by atomic mass is 10.1. The van der Waals surface area contributed by atoms with E-state index in [9.17, 15) is 19.7 Å². The Labute approximate surface area is 126 Å². The molecule has 1 N–H and O–H groups in total. The summed E-state index contributed by atoms with van der Waals surface area (Å²) in [5.41, 5.74) is -0.137. The van der Waals surface area contributed by atoms with E-state index in [0.717, 1.165) is 0 Å². The van der Waals surface area contributed by atoms with Gasteiger partial charge in [-0.1, -0.05) is 6.07 Å². The van der Waals surface area contributed by atoms with E-state index in [1.807, 2.05) is 0 Å². The van der Waals surface area contributed by atoms with E-state index in [-0.39, 0.29) is 21.6 Å². The van der Waals surface area contributed by atoms with Gasteiger partial charge in [-0.05, 0) is 22.0 Å². The highest BCUT2D eigenvalue weighted by Gasteiger charge is 2.36. The van der Waals surface area contributed by atoms with Crippen molar-refractivity contribution < 1.29 is 19.6 Å². The highest BCUT2D eigenvalue weighted by Crippen LogP contribution is 2.31. The number of thioether (sulfide) groups is 1. The van der Waals surface area contributed by atoms with Crippen molar-refractivity contribution in [1.29, 1.82) is 0 Å². The van der Waals surface area contributed by atoms with Crippen LogP contribution >= 0.6 is 27.7 Å². The molecule has 0 saturated carbocycles. The van der Waals surface area contributed by atoms with Gasteiger partial charge in [-0.25, -0.2) is 4.79 Å². The number of carbonyl (C=O) groups is 2. The summed E-state index contributed by atoms with van der Waals surface area (Å²) in [5, 5.41) is 19.9. The maximum Gasteiger partial charge on any atom is 0.327 e. The van der Waals surface area contributed by atoms with Gasteiger partial charge in [-0.2, -0.15) is 0 Å². The van der Waals surface area contributed by atoms with Crippen LogP contribution in [0.3, 0.4) is 0 Å². The summed E-state index contributed by atoms with van der Waals surface area (Å²) >= 11 is 4.38. The number of nitrogens with zero attached hydrogens (tertiary/aromatic N) is 2. The zero-order valence-electron chi connectivity index (χ0n) is 9.98. The van der Waals surface area contributed by atoms with Crippen molar-refractivity contribution in [3.05, 3.63) is 38.3 Å². The molecule has 20 heavy (non-hydrogen) atoms. The highest BCUT2D eigenvalue weighted by atomic mass is 79.9. The molecule has 1 amide bonds. The van der Waals surface area contributed by atoms with Crippen molar-refractivity contribution in [2.45, 2.75) is 6.04 Å². The molecular formula is C11H9BrN2O5S. The average Bonchev–Trinajstić information content (AvgIpc) is 2.87. The Kier molecular flexibility index (Phi) is 4.29. The number of carboxylic acid groups (broad SMARTS) is 1. The number of nitro groups is 1. The summed E-state index contributed by atoms with van der Waals surface area (Å²) in [4.78, 5) is 34.9. The first-order valence-corrected chi connectivity index (χ1v) is 7.42.